The zero-order chi connectivity index (χ0) is 29.9. The van der Waals surface area contributed by atoms with E-state index in [1.165, 1.54) is 12.1 Å². The van der Waals surface area contributed by atoms with Gasteiger partial charge in [0.15, 0.2) is 5.76 Å². The monoisotopic (exact) mass is 595 g/mol. The van der Waals surface area contributed by atoms with Gasteiger partial charge in [-0.2, -0.15) is 0 Å². The van der Waals surface area contributed by atoms with Crippen molar-refractivity contribution in [3.05, 3.63) is 107 Å². The zero-order valence-corrected chi connectivity index (χ0v) is 25.9. The summed E-state index contributed by atoms with van der Waals surface area (Å²) in [7, 11) is 0. The number of hydrogen-bond donors (Lipinski definition) is 5. The van der Waals surface area contributed by atoms with Gasteiger partial charge < -0.3 is 32.0 Å². The van der Waals surface area contributed by atoms with Crippen LogP contribution in [-0.2, 0) is 22.4 Å². The molecule has 0 radical (unpaired) electrons. The summed E-state index contributed by atoms with van der Waals surface area (Å²) < 4.78 is 5.64. The number of aromatic carboxylic acids is 1. The summed E-state index contributed by atoms with van der Waals surface area (Å²) in [6.07, 6.45) is 0.0260. The van der Waals surface area contributed by atoms with Crippen LogP contribution in [0.2, 0.25) is 0 Å². The predicted molar refractivity (Wildman–Crippen MR) is 157 cm³/mol. The third-order valence-corrected chi connectivity index (χ3v) is 6.73. The van der Waals surface area contributed by atoms with Crippen LogP contribution in [-0.4, -0.2) is 59.1 Å². The number of carbonyl (C=O) groups is 4. The first kappa shape index (κ1) is 33.5. The molecule has 1 aromatic heterocycles. The summed E-state index contributed by atoms with van der Waals surface area (Å²) in [5.41, 5.74) is 2.41. The third kappa shape index (κ3) is 10.1. The first-order valence-electron chi connectivity index (χ1n) is 13.7. The number of benzene rings is 3. The fraction of sp³-hybridized carbons (Fsp3) is 0.250. The number of carboxylic acids is 1. The van der Waals surface area contributed by atoms with Gasteiger partial charge in [-0.3, -0.25) is 14.4 Å². The molecule has 0 aliphatic rings. The number of carboxylic acid groups (broad SMARTS) is 1. The fourth-order valence-electron chi connectivity index (χ4n) is 4.42. The van der Waals surface area contributed by atoms with E-state index in [0.717, 1.165) is 16.5 Å². The number of furan rings is 1. The fourth-order valence-corrected chi connectivity index (χ4v) is 4.42. The molecular weight excluding hydrogens is 561 g/mol. The minimum Gasteiger partial charge on any atom is -1.00 e. The minimum atomic E-state index is -1.20. The van der Waals surface area contributed by atoms with Gasteiger partial charge in [0.1, 0.15) is 17.7 Å². The van der Waals surface area contributed by atoms with E-state index in [-0.39, 0.29) is 68.2 Å². The first-order chi connectivity index (χ1) is 20.3. The number of amides is 3. The number of para-hydroxylation sites is 1. The Labute approximate surface area is 272 Å². The average molecular weight is 596 g/mol. The summed E-state index contributed by atoms with van der Waals surface area (Å²) in [6.45, 7) is 0.468. The van der Waals surface area contributed by atoms with Crippen LogP contribution in [0.3, 0.4) is 0 Å². The maximum Gasteiger partial charge on any atom is 1.00 e. The number of aliphatic hydroxyl groups excluding tert-OH is 1. The van der Waals surface area contributed by atoms with E-state index >= 15 is 0 Å². The van der Waals surface area contributed by atoms with Crippen molar-refractivity contribution in [3.8, 4) is 0 Å². The van der Waals surface area contributed by atoms with Gasteiger partial charge in [-0.05, 0) is 54.7 Å². The molecule has 0 aliphatic carbocycles. The molecule has 220 valence electrons. The molecule has 0 bridgehead atoms. The van der Waals surface area contributed by atoms with Gasteiger partial charge in [0.2, 0.25) is 11.8 Å². The zero-order valence-electron chi connectivity index (χ0n) is 24.9. The predicted octanol–water partition coefficient (Wildman–Crippen LogP) is 0.205. The van der Waals surface area contributed by atoms with Crippen molar-refractivity contribution >= 4 is 34.7 Å². The van der Waals surface area contributed by atoms with Crippen molar-refractivity contribution in [3.63, 3.8) is 0 Å². The van der Waals surface area contributed by atoms with Crippen molar-refractivity contribution < 1.29 is 64.8 Å². The van der Waals surface area contributed by atoms with Gasteiger partial charge in [-0.15, -0.1) is 0 Å². The standard InChI is InChI=1S/C32H33N3O7.Na.H/c36-26(19-22-7-2-1-3-8-22)30(38)33-17-6-10-25(35-31(39)28-20-24-9-4-5-11-27(24)42-28)29(37)34-18-16-21-12-14-23(15-13-21)32(40)41;;/h1-5,7-9,11-15,20,25-26,36H,6,10,16-19H2,(H,33,38)(H,34,37)(H,35,39)(H,40,41);;/q;+1;-1/t25-,26-;;/m0../s1. The van der Waals surface area contributed by atoms with E-state index in [1.807, 2.05) is 42.5 Å². The maximum atomic E-state index is 13.1. The molecule has 5 N–H and O–H groups in total. The molecule has 0 saturated carbocycles. The Kier molecular flexibility index (Phi) is 13.0. The molecule has 0 unspecified atom stereocenters. The summed E-state index contributed by atoms with van der Waals surface area (Å²) in [4.78, 5) is 49.5. The Bertz CT molecular complexity index is 1500. The van der Waals surface area contributed by atoms with Crippen molar-refractivity contribution in [2.24, 2.45) is 0 Å². The maximum absolute atomic E-state index is 13.1. The first-order valence-corrected chi connectivity index (χ1v) is 13.7. The van der Waals surface area contributed by atoms with Crippen LogP contribution < -0.4 is 45.5 Å². The van der Waals surface area contributed by atoms with Gasteiger partial charge in [0.05, 0.1) is 5.56 Å². The Morgan fingerprint density at radius 1 is 0.814 bits per heavy atom. The SMILES string of the molecule is O=C(O)c1ccc(CCNC(=O)[C@H](CCCNC(=O)[C@@H](O)Cc2ccccc2)NC(=O)c2cc3ccccc3o2)cc1.[H-].[Na+]. The molecule has 3 aromatic carbocycles. The molecule has 4 rings (SSSR count). The molecule has 2 atom stereocenters. The molecule has 0 fully saturated rings. The van der Waals surface area contributed by atoms with Gasteiger partial charge in [-0.1, -0.05) is 60.7 Å². The van der Waals surface area contributed by atoms with E-state index in [1.54, 1.807) is 30.3 Å². The molecule has 4 aromatic rings. The van der Waals surface area contributed by atoms with Gasteiger partial charge in [-0.25, -0.2) is 4.79 Å². The number of fused-ring (bicyclic) bond motifs is 1. The van der Waals surface area contributed by atoms with Crippen LogP contribution in [0.4, 0.5) is 0 Å². The Balaban J connectivity index is 0.00000337. The Hall–Kier alpha value is -3.96. The van der Waals surface area contributed by atoms with E-state index in [2.05, 4.69) is 16.0 Å². The smallest absolute Gasteiger partial charge is 1.00 e. The Morgan fingerprint density at radius 3 is 2.19 bits per heavy atom. The van der Waals surface area contributed by atoms with Gasteiger partial charge in [0.25, 0.3) is 5.91 Å². The van der Waals surface area contributed by atoms with Crippen LogP contribution in [0.5, 0.6) is 0 Å². The number of nitrogens with one attached hydrogen (secondary N) is 3. The van der Waals surface area contributed by atoms with Gasteiger partial charge >= 0.3 is 35.5 Å². The van der Waals surface area contributed by atoms with Crippen molar-refractivity contribution in [2.45, 2.75) is 37.8 Å². The second-order valence-corrected chi connectivity index (χ2v) is 9.86. The minimum absolute atomic E-state index is 0. The molecule has 11 heteroatoms. The van der Waals surface area contributed by atoms with Crippen molar-refractivity contribution in [1.82, 2.24) is 16.0 Å². The van der Waals surface area contributed by atoms with Crippen molar-refractivity contribution in [1.29, 1.82) is 0 Å². The second kappa shape index (κ2) is 16.6. The molecule has 3 amide bonds. The van der Waals surface area contributed by atoms with E-state index < -0.39 is 35.8 Å². The van der Waals surface area contributed by atoms with Crippen molar-refractivity contribution in [2.75, 3.05) is 13.1 Å². The van der Waals surface area contributed by atoms with E-state index in [0.29, 0.717) is 18.4 Å². The molecule has 0 aliphatic heterocycles. The quantitative estimate of drug-likeness (QED) is 0.103. The van der Waals surface area contributed by atoms with Crippen LogP contribution in [0, 0.1) is 0 Å². The molecule has 0 spiro atoms. The molecule has 10 nitrogen and oxygen atoms in total. The number of carbonyl (C=O) groups excluding carboxylic acids is 3. The van der Waals surface area contributed by atoms with Crippen LogP contribution in [0.25, 0.3) is 11.0 Å². The summed E-state index contributed by atoms with van der Waals surface area (Å²) in [5, 5.41) is 28.3. The number of rotatable bonds is 14. The number of aliphatic hydroxyl groups is 1. The molecular formula is C32H34N3NaO7. The normalized spacial score (nSPS) is 12.0. The Morgan fingerprint density at radius 2 is 1.49 bits per heavy atom. The van der Waals surface area contributed by atoms with Crippen LogP contribution in [0.15, 0.2) is 89.3 Å². The summed E-state index contributed by atoms with van der Waals surface area (Å²) >= 11 is 0. The van der Waals surface area contributed by atoms with E-state index in [4.69, 9.17) is 9.52 Å². The van der Waals surface area contributed by atoms with Crippen LogP contribution >= 0.6 is 0 Å². The topological polar surface area (TPSA) is 158 Å². The number of hydrogen-bond acceptors (Lipinski definition) is 6. The average Bonchev–Trinajstić information content (AvgIpc) is 3.44. The molecule has 0 saturated heterocycles. The molecule has 43 heavy (non-hydrogen) atoms. The second-order valence-electron chi connectivity index (χ2n) is 9.86. The van der Waals surface area contributed by atoms with E-state index in [9.17, 15) is 24.3 Å². The summed E-state index contributed by atoms with van der Waals surface area (Å²) in [5.74, 6) is -2.40. The largest absolute Gasteiger partial charge is 1.00 e. The molecule has 1 heterocycles. The van der Waals surface area contributed by atoms with Gasteiger partial charge in [0, 0.05) is 24.9 Å². The van der Waals surface area contributed by atoms with Crippen LogP contribution in [0.1, 0.15) is 46.3 Å². The third-order valence-electron chi connectivity index (χ3n) is 6.73. The summed E-state index contributed by atoms with van der Waals surface area (Å²) in [6, 6.07) is 23.4.